The molecule has 1 aliphatic rings. The second kappa shape index (κ2) is 8.56. The van der Waals surface area contributed by atoms with Crippen LogP contribution in [0.3, 0.4) is 0 Å². The molecular formula is C16H13N3O6S2. The molecule has 1 aliphatic heterocycles. The predicted octanol–water partition coefficient (Wildman–Crippen LogP) is 1.68. The van der Waals surface area contributed by atoms with Crippen LogP contribution in [0.15, 0.2) is 41.3 Å². The molecule has 11 heteroatoms. The van der Waals surface area contributed by atoms with Gasteiger partial charge in [-0.05, 0) is 23.8 Å². The average molecular weight is 407 g/mol. The number of amides is 2. The van der Waals surface area contributed by atoms with Crippen LogP contribution in [-0.4, -0.2) is 43.1 Å². The average Bonchev–Trinajstić information content (AvgIpc) is 2.87. The number of hydrogen-bond donors (Lipinski definition) is 2. The van der Waals surface area contributed by atoms with Gasteiger partial charge in [-0.2, -0.15) is 0 Å². The first-order valence-corrected chi connectivity index (χ1v) is 8.62. The van der Waals surface area contributed by atoms with Gasteiger partial charge >= 0.3 is 5.97 Å². The summed E-state index contributed by atoms with van der Waals surface area (Å²) < 4.78 is 0.0173. The minimum atomic E-state index is -1.46. The number of allylic oxidation sites excluding steroid dienone is 2. The fourth-order valence-electron chi connectivity index (χ4n) is 2.20. The molecule has 1 aromatic rings. The number of benzene rings is 1. The third-order valence-electron chi connectivity index (χ3n) is 3.45. The number of non-ortho nitro benzene ring substituents is 1. The van der Waals surface area contributed by atoms with Crippen LogP contribution in [0.4, 0.5) is 5.69 Å². The van der Waals surface area contributed by atoms with Gasteiger partial charge in [0.15, 0.2) is 0 Å². The van der Waals surface area contributed by atoms with Gasteiger partial charge < -0.3 is 10.8 Å². The summed E-state index contributed by atoms with van der Waals surface area (Å²) >= 11 is 5.96. The standard InChI is InChI=1S/C16H13N3O6S2/c17-13(20)8-11(15(22)23)18-14(21)12(27-16(18)26)3-1-2-9-4-6-10(7-5-9)19(24)25/h1-7,11H,8H2,(H2,17,20)(H,22,23). The van der Waals surface area contributed by atoms with E-state index in [1.54, 1.807) is 18.2 Å². The van der Waals surface area contributed by atoms with Gasteiger partial charge in [0, 0.05) is 12.1 Å². The number of nitro benzene ring substituents is 1. The zero-order chi connectivity index (χ0) is 20.1. The Labute approximate surface area is 162 Å². The van der Waals surface area contributed by atoms with Crippen molar-refractivity contribution in [3.63, 3.8) is 0 Å². The smallest absolute Gasteiger partial charge is 0.327 e. The van der Waals surface area contributed by atoms with E-state index in [1.807, 2.05) is 0 Å². The van der Waals surface area contributed by atoms with Crippen molar-refractivity contribution in [2.24, 2.45) is 5.73 Å². The number of primary amides is 1. The second-order valence-electron chi connectivity index (χ2n) is 5.31. The van der Waals surface area contributed by atoms with Crippen LogP contribution in [0.5, 0.6) is 0 Å². The minimum Gasteiger partial charge on any atom is -0.480 e. The van der Waals surface area contributed by atoms with Crippen molar-refractivity contribution in [2.45, 2.75) is 12.5 Å². The lowest BCUT2D eigenvalue weighted by Gasteiger charge is -2.21. The number of hydrogen-bond acceptors (Lipinski definition) is 7. The Morgan fingerprint density at radius 2 is 2.00 bits per heavy atom. The maximum atomic E-state index is 12.4. The normalized spacial score (nSPS) is 16.9. The quantitative estimate of drug-likeness (QED) is 0.301. The number of carboxylic acids is 1. The minimum absolute atomic E-state index is 0.0173. The Morgan fingerprint density at radius 3 is 2.52 bits per heavy atom. The molecular weight excluding hydrogens is 394 g/mol. The third-order valence-corrected chi connectivity index (χ3v) is 4.80. The summed E-state index contributed by atoms with van der Waals surface area (Å²) in [6.45, 7) is 0. The molecule has 0 aliphatic carbocycles. The first kappa shape index (κ1) is 20.3. The van der Waals surface area contributed by atoms with E-state index < -0.39 is 35.2 Å². The van der Waals surface area contributed by atoms with Gasteiger partial charge in [-0.25, -0.2) is 4.79 Å². The van der Waals surface area contributed by atoms with Crippen LogP contribution < -0.4 is 5.73 Å². The first-order chi connectivity index (χ1) is 12.7. The molecule has 1 unspecified atom stereocenters. The summed E-state index contributed by atoms with van der Waals surface area (Å²) in [5.74, 6) is -2.88. The Balaban J connectivity index is 2.16. The Hall–Kier alpha value is -3.05. The summed E-state index contributed by atoms with van der Waals surface area (Å²) in [6.07, 6.45) is 4.06. The molecule has 140 valence electrons. The van der Waals surface area contributed by atoms with E-state index in [4.69, 9.17) is 18.0 Å². The maximum Gasteiger partial charge on any atom is 0.327 e. The number of aliphatic carboxylic acids is 1. The fourth-order valence-corrected chi connectivity index (χ4v) is 3.50. The highest BCUT2D eigenvalue weighted by Crippen LogP contribution is 2.33. The molecule has 9 nitrogen and oxygen atoms in total. The number of rotatable bonds is 7. The number of thioether (sulfide) groups is 1. The SMILES string of the molecule is NC(=O)CC(C(=O)O)N1C(=O)C(=CC=Cc2ccc([N+](=O)[O-])cc2)SC1=S. The first-order valence-electron chi connectivity index (χ1n) is 7.40. The van der Waals surface area contributed by atoms with Gasteiger partial charge in [-0.15, -0.1) is 0 Å². The number of nitrogens with two attached hydrogens (primary N) is 1. The molecule has 1 saturated heterocycles. The van der Waals surface area contributed by atoms with Gasteiger partial charge in [0.1, 0.15) is 10.4 Å². The number of carboxylic acid groups (broad SMARTS) is 1. The fraction of sp³-hybridized carbons (Fsp3) is 0.125. The zero-order valence-corrected chi connectivity index (χ0v) is 15.2. The van der Waals surface area contributed by atoms with Crippen LogP contribution in [0, 0.1) is 10.1 Å². The van der Waals surface area contributed by atoms with E-state index >= 15 is 0 Å². The van der Waals surface area contributed by atoms with Crippen LogP contribution in [-0.2, 0) is 14.4 Å². The van der Waals surface area contributed by atoms with Crippen molar-refractivity contribution in [1.29, 1.82) is 0 Å². The Morgan fingerprint density at radius 1 is 1.37 bits per heavy atom. The summed E-state index contributed by atoms with van der Waals surface area (Å²) in [7, 11) is 0. The number of carbonyl (C=O) groups is 3. The Bertz CT molecular complexity index is 879. The molecule has 1 fully saturated rings. The lowest BCUT2D eigenvalue weighted by Crippen LogP contribution is -2.46. The van der Waals surface area contributed by atoms with E-state index in [0.717, 1.165) is 16.7 Å². The number of thiocarbonyl (C=S) groups is 1. The number of nitrogens with zero attached hydrogens (tertiary/aromatic N) is 2. The molecule has 1 heterocycles. The molecule has 0 spiro atoms. The Kier molecular flexibility index (Phi) is 6.42. The lowest BCUT2D eigenvalue weighted by molar-refractivity contribution is -0.384. The molecule has 0 aromatic heterocycles. The summed E-state index contributed by atoms with van der Waals surface area (Å²) in [6, 6.07) is 4.32. The predicted molar refractivity (Wildman–Crippen MR) is 102 cm³/mol. The highest BCUT2D eigenvalue weighted by molar-refractivity contribution is 8.26. The summed E-state index contributed by atoms with van der Waals surface area (Å²) in [5, 5.41) is 19.9. The van der Waals surface area contributed by atoms with E-state index in [0.29, 0.717) is 5.56 Å². The van der Waals surface area contributed by atoms with Gasteiger partial charge in [0.05, 0.1) is 16.2 Å². The van der Waals surface area contributed by atoms with Crippen molar-refractivity contribution >= 4 is 57.8 Å². The highest BCUT2D eigenvalue weighted by atomic mass is 32.2. The summed E-state index contributed by atoms with van der Waals surface area (Å²) in [5.41, 5.74) is 5.67. The van der Waals surface area contributed by atoms with Crippen molar-refractivity contribution < 1.29 is 24.4 Å². The second-order valence-corrected chi connectivity index (χ2v) is 6.98. The van der Waals surface area contributed by atoms with Gasteiger partial charge in [0.2, 0.25) is 5.91 Å². The van der Waals surface area contributed by atoms with Crippen molar-refractivity contribution in [3.05, 3.63) is 57.0 Å². The van der Waals surface area contributed by atoms with Crippen LogP contribution in [0.1, 0.15) is 12.0 Å². The molecule has 3 N–H and O–H groups in total. The molecule has 1 atom stereocenters. The van der Waals surface area contributed by atoms with Crippen molar-refractivity contribution in [1.82, 2.24) is 4.90 Å². The zero-order valence-electron chi connectivity index (χ0n) is 13.6. The van der Waals surface area contributed by atoms with Gasteiger partial charge in [-0.1, -0.05) is 36.1 Å². The summed E-state index contributed by atoms with van der Waals surface area (Å²) in [4.78, 5) is 46.0. The van der Waals surface area contributed by atoms with Crippen LogP contribution >= 0.6 is 24.0 Å². The van der Waals surface area contributed by atoms with Crippen molar-refractivity contribution in [3.8, 4) is 0 Å². The largest absolute Gasteiger partial charge is 0.480 e. The van der Waals surface area contributed by atoms with Crippen LogP contribution in [0.2, 0.25) is 0 Å². The number of nitro groups is 1. The lowest BCUT2D eigenvalue weighted by atomic mass is 10.1. The van der Waals surface area contributed by atoms with E-state index in [9.17, 15) is 29.6 Å². The van der Waals surface area contributed by atoms with Crippen LogP contribution in [0.25, 0.3) is 6.08 Å². The number of carbonyl (C=O) groups excluding carboxylic acids is 2. The van der Waals surface area contributed by atoms with Gasteiger partial charge in [0.25, 0.3) is 11.6 Å². The van der Waals surface area contributed by atoms with Crippen molar-refractivity contribution in [2.75, 3.05) is 0 Å². The molecule has 0 bridgehead atoms. The van der Waals surface area contributed by atoms with E-state index in [-0.39, 0.29) is 14.9 Å². The topological polar surface area (TPSA) is 144 Å². The van der Waals surface area contributed by atoms with Gasteiger partial charge in [-0.3, -0.25) is 24.6 Å². The molecule has 2 amide bonds. The maximum absolute atomic E-state index is 12.4. The van der Waals surface area contributed by atoms with E-state index in [1.165, 1.54) is 24.3 Å². The monoisotopic (exact) mass is 407 g/mol. The molecule has 0 saturated carbocycles. The highest BCUT2D eigenvalue weighted by Gasteiger charge is 2.40. The molecule has 27 heavy (non-hydrogen) atoms. The van der Waals surface area contributed by atoms with E-state index in [2.05, 4.69) is 0 Å². The molecule has 2 rings (SSSR count). The molecule has 1 aromatic carbocycles. The third kappa shape index (κ3) is 4.99. The molecule has 0 radical (unpaired) electrons.